The van der Waals surface area contributed by atoms with E-state index in [9.17, 15) is 0 Å². The minimum absolute atomic E-state index is 0.586. The first kappa shape index (κ1) is 14.9. The molecule has 2 heteroatoms. The number of halogens is 1. The monoisotopic (exact) mass is 264 g/mol. The van der Waals surface area contributed by atoms with Crippen LogP contribution in [0, 0.1) is 24.7 Å². The van der Waals surface area contributed by atoms with Gasteiger partial charge in [-0.15, -0.1) is 11.6 Å². The van der Waals surface area contributed by atoms with Crippen molar-refractivity contribution in [1.29, 1.82) is 0 Å². The topological polar surface area (TPSA) is 9.23 Å². The maximum absolute atomic E-state index is 5.76. The Morgan fingerprint density at radius 1 is 1.33 bits per heavy atom. The first-order valence-electron chi connectivity index (χ1n) is 6.41. The summed E-state index contributed by atoms with van der Waals surface area (Å²) in [5.41, 5.74) is 2.16. The fourth-order valence-electron chi connectivity index (χ4n) is 1.51. The molecule has 1 aromatic rings. The second kappa shape index (κ2) is 8.06. The van der Waals surface area contributed by atoms with E-state index in [2.05, 4.69) is 38.7 Å². The van der Waals surface area contributed by atoms with Gasteiger partial charge in [0.15, 0.2) is 0 Å². The van der Waals surface area contributed by atoms with Crippen LogP contribution in [0.25, 0.3) is 0 Å². The Labute approximate surface area is 115 Å². The Kier molecular flexibility index (Phi) is 6.68. The lowest BCUT2D eigenvalue weighted by molar-refractivity contribution is 0.288. The summed E-state index contributed by atoms with van der Waals surface area (Å²) >= 11 is 5.58. The highest BCUT2D eigenvalue weighted by Gasteiger charge is 2.01. The molecule has 0 spiro atoms. The number of alkyl halides is 1. The van der Waals surface area contributed by atoms with Gasteiger partial charge in [0, 0.05) is 17.9 Å². The zero-order valence-corrected chi connectivity index (χ0v) is 12.2. The lowest BCUT2D eigenvalue weighted by Gasteiger charge is -2.10. The zero-order chi connectivity index (χ0) is 13.4. The lowest BCUT2D eigenvalue weighted by Crippen LogP contribution is -2.02. The van der Waals surface area contributed by atoms with Crippen LogP contribution in [0.4, 0.5) is 0 Å². The van der Waals surface area contributed by atoms with Crippen molar-refractivity contribution < 1.29 is 4.74 Å². The van der Waals surface area contributed by atoms with Gasteiger partial charge in [0.25, 0.3) is 0 Å². The molecule has 0 amide bonds. The van der Waals surface area contributed by atoms with Crippen molar-refractivity contribution in [3.63, 3.8) is 0 Å². The molecular weight excluding hydrogens is 244 g/mol. The first-order chi connectivity index (χ1) is 8.63. The van der Waals surface area contributed by atoms with E-state index in [1.165, 1.54) is 0 Å². The van der Waals surface area contributed by atoms with E-state index in [1.54, 1.807) is 0 Å². The van der Waals surface area contributed by atoms with Gasteiger partial charge in [0.2, 0.25) is 0 Å². The van der Waals surface area contributed by atoms with Gasteiger partial charge in [-0.2, -0.15) is 0 Å². The molecule has 1 rings (SSSR count). The molecule has 18 heavy (non-hydrogen) atoms. The Bertz CT molecular complexity index is 426. The highest BCUT2D eigenvalue weighted by Crippen LogP contribution is 2.19. The van der Waals surface area contributed by atoms with Crippen LogP contribution in [-0.2, 0) is 0 Å². The van der Waals surface area contributed by atoms with E-state index in [4.69, 9.17) is 16.3 Å². The van der Waals surface area contributed by atoms with Crippen molar-refractivity contribution in [2.24, 2.45) is 5.92 Å². The molecule has 0 aliphatic carbocycles. The first-order valence-corrected chi connectivity index (χ1v) is 6.95. The summed E-state index contributed by atoms with van der Waals surface area (Å²) in [5, 5.41) is 0. The van der Waals surface area contributed by atoms with Crippen LogP contribution < -0.4 is 4.74 Å². The third kappa shape index (κ3) is 5.47. The third-order valence-corrected chi connectivity index (χ3v) is 2.77. The van der Waals surface area contributed by atoms with Crippen molar-refractivity contribution in [3.8, 4) is 17.6 Å². The highest BCUT2D eigenvalue weighted by atomic mass is 35.5. The molecule has 0 fully saturated rings. The fourth-order valence-corrected chi connectivity index (χ4v) is 1.60. The molecule has 0 aliphatic rings. The maximum atomic E-state index is 5.76. The van der Waals surface area contributed by atoms with Crippen LogP contribution in [-0.4, -0.2) is 12.5 Å². The van der Waals surface area contributed by atoms with Crippen molar-refractivity contribution >= 4 is 11.6 Å². The summed E-state index contributed by atoms with van der Waals surface area (Å²) in [6.45, 7) is 7.23. The number of hydrogen-bond acceptors (Lipinski definition) is 1. The predicted octanol–water partition coefficient (Wildman–Crippen LogP) is 4.40. The molecule has 0 saturated heterocycles. The Balaban J connectivity index is 2.60. The van der Waals surface area contributed by atoms with Crippen LogP contribution >= 0.6 is 11.6 Å². The largest absolute Gasteiger partial charge is 0.493 e. The summed E-state index contributed by atoms with van der Waals surface area (Å²) < 4.78 is 5.76. The molecular formula is C16H21ClO. The average molecular weight is 265 g/mol. The van der Waals surface area contributed by atoms with E-state index >= 15 is 0 Å². The van der Waals surface area contributed by atoms with Crippen LogP contribution in [0.1, 0.15) is 37.8 Å². The number of aryl methyl sites for hydroxylation is 1. The van der Waals surface area contributed by atoms with Crippen molar-refractivity contribution in [2.45, 2.75) is 33.6 Å². The van der Waals surface area contributed by atoms with E-state index in [1.807, 2.05) is 12.1 Å². The SMILES string of the molecule is Cc1cc(C#CCCCl)ccc1OCCC(C)C. The molecule has 0 unspecified atom stereocenters. The summed E-state index contributed by atoms with van der Waals surface area (Å²) in [5.74, 6) is 8.35. The van der Waals surface area contributed by atoms with E-state index < -0.39 is 0 Å². The van der Waals surface area contributed by atoms with Gasteiger partial charge in [0.05, 0.1) is 6.61 Å². The van der Waals surface area contributed by atoms with Crippen molar-refractivity contribution in [3.05, 3.63) is 29.3 Å². The lowest BCUT2D eigenvalue weighted by atomic mass is 10.1. The minimum Gasteiger partial charge on any atom is -0.493 e. The van der Waals surface area contributed by atoms with Gasteiger partial charge in [-0.25, -0.2) is 0 Å². The number of hydrogen-bond donors (Lipinski definition) is 0. The average Bonchev–Trinajstić information content (AvgIpc) is 2.32. The third-order valence-electron chi connectivity index (χ3n) is 2.58. The van der Waals surface area contributed by atoms with Crippen LogP contribution in [0.2, 0.25) is 0 Å². The zero-order valence-electron chi connectivity index (χ0n) is 11.4. The van der Waals surface area contributed by atoms with Crippen LogP contribution in [0.3, 0.4) is 0 Å². The Morgan fingerprint density at radius 3 is 2.72 bits per heavy atom. The number of ether oxygens (including phenoxy) is 1. The molecule has 0 radical (unpaired) electrons. The summed E-state index contributed by atoms with van der Waals surface area (Å²) in [6.07, 6.45) is 1.81. The fraction of sp³-hybridized carbons (Fsp3) is 0.500. The van der Waals surface area contributed by atoms with Gasteiger partial charge in [-0.1, -0.05) is 25.7 Å². The maximum Gasteiger partial charge on any atom is 0.122 e. The molecule has 1 aromatic carbocycles. The van der Waals surface area contributed by atoms with Gasteiger partial charge in [-0.05, 0) is 43.0 Å². The number of rotatable bonds is 5. The van der Waals surface area contributed by atoms with Gasteiger partial charge in [0.1, 0.15) is 5.75 Å². The molecule has 0 aliphatic heterocycles. The van der Waals surface area contributed by atoms with Crippen molar-refractivity contribution in [1.82, 2.24) is 0 Å². The smallest absolute Gasteiger partial charge is 0.122 e. The molecule has 0 bridgehead atoms. The molecule has 98 valence electrons. The normalized spacial score (nSPS) is 10.1. The van der Waals surface area contributed by atoms with E-state index in [-0.39, 0.29) is 0 Å². The molecule has 0 saturated carbocycles. The molecule has 0 N–H and O–H groups in total. The van der Waals surface area contributed by atoms with Gasteiger partial charge in [-0.3, -0.25) is 0 Å². The van der Waals surface area contributed by atoms with Gasteiger partial charge >= 0.3 is 0 Å². The van der Waals surface area contributed by atoms with Gasteiger partial charge < -0.3 is 4.74 Å². The quantitative estimate of drug-likeness (QED) is 0.566. The van der Waals surface area contributed by atoms with Crippen molar-refractivity contribution in [2.75, 3.05) is 12.5 Å². The van der Waals surface area contributed by atoms with E-state index in [0.717, 1.165) is 36.3 Å². The summed E-state index contributed by atoms with van der Waals surface area (Å²) in [6, 6.07) is 6.06. The molecule has 0 heterocycles. The standard InChI is InChI=1S/C16H21ClO/c1-13(2)9-11-18-16-8-7-15(12-14(16)3)6-4-5-10-17/h7-8,12-13H,5,9-11H2,1-3H3. The number of benzene rings is 1. The second-order valence-corrected chi connectivity index (χ2v) is 5.13. The molecule has 0 aromatic heterocycles. The van der Waals surface area contributed by atoms with Crippen LogP contribution in [0.5, 0.6) is 5.75 Å². The predicted molar refractivity (Wildman–Crippen MR) is 78.3 cm³/mol. The molecule has 1 nitrogen and oxygen atoms in total. The molecule has 0 atom stereocenters. The second-order valence-electron chi connectivity index (χ2n) is 4.75. The van der Waals surface area contributed by atoms with E-state index in [0.29, 0.717) is 11.8 Å². The minimum atomic E-state index is 0.586. The highest BCUT2D eigenvalue weighted by molar-refractivity contribution is 6.18. The summed E-state index contributed by atoms with van der Waals surface area (Å²) in [4.78, 5) is 0. The summed E-state index contributed by atoms with van der Waals surface area (Å²) in [7, 11) is 0. The Hall–Kier alpha value is -1.13. The van der Waals surface area contributed by atoms with Crippen LogP contribution in [0.15, 0.2) is 18.2 Å². The Morgan fingerprint density at radius 2 is 2.11 bits per heavy atom.